The average Bonchev–Trinajstić information content (AvgIpc) is 3.38. The number of carbonyl (C=O) groups excluding carboxylic acids is 2. The number of carbonyl (C=O) groups is 2. The van der Waals surface area contributed by atoms with E-state index in [9.17, 15) is 9.59 Å². The highest BCUT2D eigenvalue weighted by Crippen LogP contribution is 2.44. The maximum atomic E-state index is 12.5. The molecule has 2 atom stereocenters. The summed E-state index contributed by atoms with van der Waals surface area (Å²) in [7, 11) is 0. The van der Waals surface area contributed by atoms with Crippen molar-refractivity contribution in [1.29, 1.82) is 0 Å². The third-order valence-corrected chi connectivity index (χ3v) is 14.1. The van der Waals surface area contributed by atoms with Gasteiger partial charge in [0, 0.05) is 47.3 Å². The number of benzene rings is 2. The molecular weight excluding hydrogens is 885 g/mol. The quantitative estimate of drug-likeness (QED) is 0.0280. The Hall–Kier alpha value is -3.62. The van der Waals surface area contributed by atoms with Crippen molar-refractivity contribution in [3.8, 4) is 11.5 Å². The van der Waals surface area contributed by atoms with Gasteiger partial charge in [-0.1, -0.05) is 256 Å². The van der Waals surface area contributed by atoms with Crippen LogP contribution in [-0.2, 0) is 41.4 Å². The van der Waals surface area contributed by atoms with Crippen LogP contribution in [0, 0.1) is 0 Å². The van der Waals surface area contributed by atoms with Crippen molar-refractivity contribution in [2.24, 2.45) is 0 Å². The van der Waals surface area contributed by atoms with Crippen LogP contribution in [0.3, 0.4) is 0 Å². The first-order chi connectivity index (χ1) is 34.9. The smallest absolute Gasteiger partial charge is 0.330 e. The molecule has 0 aliphatic heterocycles. The molecule has 0 radical (unpaired) electrons. The van der Waals surface area contributed by atoms with Crippen LogP contribution in [0.2, 0.25) is 0 Å². The molecule has 0 N–H and O–H groups in total. The summed E-state index contributed by atoms with van der Waals surface area (Å²) in [4.78, 5) is 24.9. The van der Waals surface area contributed by atoms with E-state index < -0.39 is 24.1 Å². The van der Waals surface area contributed by atoms with Crippen LogP contribution >= 0.6 is 0 Å². The minimum absolute atomic E-state index is 0.133. The van der Waals surface area contributed by atoms with Crippen molar-refractivity contribution >= 4 is 22.7 Å². The summed E-state index contributed by atoms with van der Waals surface area (Å²) in [5.41, 5.74) is 3.31. The lowest BCUT2D eigenvalue weighted by atomic mass is 9.87. The van der Waals surface area contributed by atoms with Gasteiger partial charge in [0.15, 0.2) is 12.2 Å². The number of unbranched alkanes of at least 4 members (excludes halogenated alkanes) is 30. The van der Waals surface area contributed by atoms with Gasteiger partial charge in [0.25, 0.3) is 0 Å². The second kappa shape index (κ2) is 41.8. The molecule has 0 heterocycles. The maximum Gasteiger partial charge on any atom is 0.330 e. The van der Waals surface area contributed by atoms with E-state index in [4.69, 9.17) is 28.4 Å². The number of rotatable bonds is 48. The highest BCUT2D eigenvalue weighted by Gasteiger charge is 2.26. The Balaban J connectivity index is 1.45. The lowest BCUT2D eigenvalue weighted by Crippen LogP contribution is -2.30. The second-order valence-corrected chi connectivity index (χ2v) is 20.5. The normalized spacial score (nSPS) is 13.1. The first-order valence-corrected chi connectivity index (χ1v) is 29.2. The van der Waals surface area contributed by atoms with Gasteiger partial charge in [-0.25, -0.2) is 9.59 Å². The molecule has 1 aliphatic rings. The summed E-state index contributed by atoms with van der Waals surface area (Å²) in [5, 5.41) is 1.80. The van der Waals surface area contributed by atoms with Crippen molar-refractivity contribution in [3.05, 3.63) is 72.4 Å². The lowest BCUT2D eigenvalue weighted by Gasteiger charge is -2.27. The number of hydrogen-bond donors (Lipinski definition) is 0. The van der Waals surface area contributed by atoms with Crippen LogP contribution in [-0.4, -0.2) is 63.8 Å². The first-order valence-electron chi connectivity index (χ1n) is 29.2. The molecule has 0 fully saturated rings. The van der Waals surface area contributed by atoms with Gasteiger partial charge in [-0.3, -0.25) is 0 Å². The summed E-state index contributed by atoms with van der Waals surface area (Å²) >= 11 is 0. The standard InChI is InChI=1S/C63H102O8/c1-6-10-12-14-16-18-20-22-24-26-28-30-32-34-36-40-46-66-49-54(70-60(64)8-3)51-68-62-56-42-38-39-43-57(56)63(59-48-53(5)44-45-58(59)62)69-52-55(71-61(65)9-4)50-67-47-41-37-35-33-31-29-27-25-23-21-19-17-15-13-11-7-2/h8-9,38-39,42-44,54-55H,3-4,6-7,10-37,40-41,45-52H2,1-2,5H3. The molecule has 402 valence electrons. The highest BCUT2D eigenvalue weighted by molar-refractivity contribution is 5.96. The number of esters is 2. The maximum absolute atomic E-state index is 12.5. The summed E-state index contributed by atoms with van der Waals surface area (Å²) < 4.78 is 37.0. The van der Waals surface area contributed by atoms with Crippen LogP contribution in [0.1, 0.15) is 237 Å². The molecule has 0 saturated carbocycles. The van der Waals surface area contributed by atoms with Gasteiger partial charge >= 0.3 is 11.9 Å². The van der Waals surface area contributed by atoms with E-state index in [2.05, 4.69) is 40.0 Å². The van der Waals surface area contributed by atoms with Crippen molar-refractivity contribution in [2.75, 3.05) is 39.6 Å². The van der Waals surface area contributed by atoms with Gasteiger partial charge in [0.1, 0.15) is 24.7 Å². The van der Waals surface area contributed by atoms with E-state index >= 15 is 0 Å². The fourth-order valence-corrected chi connectivity index (χ4v) is 9.78. The predicted octanol–water partition coefficient (Wildman–Crippen LogP) is 17.4. The molecule has 0 amide bonds. The number of allylic oxidation sites excluding steroid dienone is 2. The fourth-order valence-electron chi connectivity index (χ4n) is 9.78. The van der Waals surface area contributed by atoms with Gasteiger partial charge in [-0.05, 0) is 32.6 Å². The van der Waals surface area contributed by atoms with Crippen molar-refractivity contribution < 1.29 is 38.0 Å². The summed E-state index contributed by atoms with van der Waals surface area (Å²) in [6.45, 7) is 15.9. The average molecular weight is 988 g/mol. The van der Waals surface area contributed by atoms with Gasteiger partial charge in [-0.15, -0.1) is 0 Å². The van der Waals surface area contributed by atoms with Crippen LogP contribution in [0.4, 0.5) is 0 Å². The van der Waals surface area contributed by atoms with Gasteiger partial charge in [0.2, 0.25) is 0 Å². The van der Waals surface area contributed by atoms with Crippen molar-refractivity contribution in [3.63, 3.8) is 0 Å². The predicted molar refractivity (Wildman–Crippen MR) is 297 cm³/mol. The summed E-state index contributed by atoms with van der Waals surface area (Å²) in [6, 6.07) is 8.07. The molecule has 1 aliphatic carbocycles. The molecule has 8 heteroatoms. The zero-order valence-corrected chi connectivity index (χ0v) is 45.7. The molecule has 2 aromatic rings. The Morgan fingerprint density at radius 3 is 1.14 bits per heavy atom. The van der Waals surface area contributed by atoms with Gasteiger partial charge < -0.3 is 28.4 Å². The molecular formula is C63H102O8. The topological polar surface area (TPSA) is 89.5 Å². The molecule has 71 heavy (non-hydrogen) atoms. The minimum Gasteiger partial charge on any atom is -0.489 e. The molecule has 2 unspecified atom stereocenters. The Morgan fingerprint density at radius 1 is 0.479 bits per heavy atom. The van der Waals surface area contributed by atoms with Crippen LogP contribution < -0.4 is 9.47 Å². The Morgan fingerprint density at radius 2 is 0.803 bits per heavy atom. The van der Waals surface area contributed by atoms with Crippen molar-refractivity contribution in [1.82, 2.24) is 0 Å². The number of hydrogen-bond acceptors (Lipinski definition) is 8. The van der Waals surface area contributed by atoms with E-state index in [-0.39, 0.29) is 26.4 Å². The third kappa shape index (κ3) is 28.4. The molecule has 2 aromatic carbocycles. The number of fused-ring (bicyclic) bond motifs is 2. The molecule has 8 nitrogen and oxygen atoms in total. The molecule has 0 aromatic heterocycles. The van der Waals surface area contributed by atoms with Crippen molar-refractivity contribution in [2.45, 2.75) is 251 Å². The van der Waals surface area contributed by atoms with Crippen LogP contribution in [0.15, 0.2) is 61.2 Å². The van der Waals surface area contributed by atoms with Crippen LogP contribution in [0.25, 0.3) is 10.8 Å². The summed E-state index contributed by atoms with van der Waals surface area (Å²) in [5.74, 6) is 0.504. The highest BCUT2D eigenvalue weighted by atomic mass is 16.6. The van der Waals surface area contributed by atoms with Gasteiger partial charge in [0.05, 0.1) is 13.2 Å². The number of ether oxygens (including phenoxy) is 6. The third-order valence-electron chi connectivity index (χ3n) is 14.1. The largest absolute Gasteiger partial charge is 0.489 e. The minimum atomic E-state index is -0.605. The molecule has 3 rings (SSSR count). The van der Waals surface area contributed by atoms with E-state index in [1.807, 2.05) is 24.3 Å². The monoisotopic (exact) mass is 987 g/mol. The Bertz CT molecular complexity index is 1730. The van der Waals surface area contributed by atoms with Crippen LogP contribution in [0.5, 0.6) is 11.5 Å². The first kappa shape index (κ1) is 61.7. The fraction of sp³-hybridized carbons (Fsp3) is 0.714. The zero-order valence-electron chi connectivity index (χ0n) is 45.7. The van der Waals surface area contributed by atoms with E-state index in [1.54, 1.807) is 0 Å². The van der Waals surface area contributed by atoms with E-state index in [0.717, 1.165) is 59.1 Å². The zero-order chi connectivity index (χ0) is 50.8. The second-order valence-electron chi connectivity index (χ2n) is 20.5. The molecule has 0 bridgehead atoms. The molecule has 0 spiro atoms. The molecule has 0 saturated heterocycles. The SMILES string of the molecule is C=CC(=O)OC(COCCCCCCCCCCCCCCCCCC)COc1c2c(c(OCC(COCCCCCCCCCCCCCCCCCC)OC(=O)C=C)c3ccccc13)CC(C)=CC2. The van der Waals surface area contributed by atoms with E-state index in [1.165, 1.54) is 198 Å². The Kier molecular flexibility index (Phi) is 36.3. The lowest BCUT2D eigenvalue weighted by molar-refractivity contribution is -0.148. The van der Waals surface area contributed by atoms with E-state index in [0.29, 0.717) is 26.1 Å². The van der Waals surface area contributed by atoms with Gasteiger partial charge in [-0.2, -0.15) is 0 Å². The summed E-state index contributed by atoms with van der Waals surface area (Å²) in [6.07, 6.45) is 47.1. The Labute approximate surface area is 433 Å².